The van der Waals surface area contributed by atoms with Crippen molar-refractivity contribution in [2.45, 2.75) is 66.3 Å². The lowest BCUT2D eigenvalue weighted by atomic mass is 10.1. The number of nitrogens with zero attached hydrogens (tertiary/aromatic N) is 1. The largest absolute Gasteiger partial charge is 0.312 e. The molecule has 104 valence electrons. The molecule has 0 bridgehead atoms. The summed E-state index contributed by atoms with van der Waals surface area (Å²) < 4.78 is 0. The molecule has 1 aromatic heterocycles. The van der Waals surface area contributed by atoms with Crippen molar-refractivity contribution in [1.82, 2.24) is 10.3 Å². The van der Waals surface area contributed by atoms with Crippen LogP contribution in [0.15, 0.2) is 0 Å². The molecule has 18 heavy (non-hydrogen) atoms. The summed E-state index contributed by atoms with van der Waals surface area (Å²) in [7, 11) is 0. The van der Waals surface area contributed by atoms with Gasteiger partial charge in [-0.25, -0.2) is 4.98 Å². The lowest BCUT2D eigenvalue weighted by molar-refractivity contribution is 0.634. The minimum absolute atomic E-state index is 0.533. The second kappa shape index (κ2) is 7.90. The Morgan fingerprint density at radius 2 is 1.94 bits per heavy atom. The third kappa shape index (κ3) is 5.07. The molecule has 0 aromatic carbocycles. The van der Waals surface area contributed by atoms with Gasteiger partial charge < -0.3 is 5.32 Å². The molecule has 0 spiro atoms. The highest BCUT2D eigenvalue weighted by Gasteiger charge is 2.14. The molecule has 0 amide bonds. The van der Waals surface area contributed by atoms with E-state index in [1.54, 1.807) is 0 Å². The minimum Gasteiger partial charge on any atom is -0.312 e. The zero-order valence-corrected chi connectivity index (χ0v) is 13.4. The Balaban J connectivity index is 2.65. The molecule has 1 aromatic rings. The summed E-state index contributed by atoms with van der Waals surface area (Å²) in [6, 6.07) is 0. The predicted octanol–water partition coefficient (Wildman–Crippen LogP) is 4.35. The summed E-state index contributed by atoms with van der Waals surface area (Å²) in [5.41, 5.74) is 1.31. The number of rotatable bonds is 8. The zero-order chi connectivity index (χ0) is 13.5. The van der Waals surface area contributed by atoms with Crippen molar-refractivity contribution >= 4 is 11.3 Å². The van der Waals surface area contributed by atoms with Crippen LogP contribution in [-0.4, -0.2) is 11.5 Å². The molecular formula is C15H28N2S. The van der Waals surface area contributed by atoms with Crippen molar-refractivity contribution in [2.24, 2.45) is 5.92 Å². The van der Waals surface area contributed by atoms with Gasteiger partial charge in [-0.15, -0.1) is 11.3 Å². The second-order valence-corrected chi connectivity index (χ2v) is 6.87. The van der Waals surface area contributed by atoms with Gasteiger partial charge >= 0.3 is 0 Å². The van der Waals surface area contributed by atoms with E-state index in [0.717, 1.165) is 19.5 Å². The van der Waals surface area contributed by atoms with E-state index in [9.17, 15) is 0 Å². The molecular weight excluding hydrogens is 240 g/mol. The first-order valence-electron chi connectivity index (χ1n) is 7.23. The first kappa shape index (κ1) is 15.6. The number of hydrogen-bond acceptors (Lipinski definition) is 3. The van der Waals surface area contributed by atoms with E-state index >= 15 is 0 Å². The number of hydrogen-bond donors (Lipinski definition) is 1. The Labute approximate surface area is 116 Å². The molecule has 0 aliphatic rings. The van der Waals surface area contributed by atoms with Gasteiger partial charge in [-0.1, -0.05) is 41.0 Å². The average molecular weight is 268 g/mol. The Kier molecular flexibility index (Phi) is 6.87. The van der Waals surface area contributed by atoms with Gasteiger partial charge in [0.25, 0.3) is 0 Å². The van der Waals surface area contributed by atoms with Gasteiger partial charge in [0, 0.05) is 17.8 Å². The Morgan fingerprint density at radius 3 is 2.50 bits per heavy atom. The van der Waals surface area contributed by atoms with E-state index < -0.39 is 0 Å². The summed E-state index contributed by atoms with van der Waals surface area (Å²) in [6.07, 6.45) is 3.62. The SMILES string of the molecule is CCCCNCc1sc(CC(C)C)nc1C(C)C. The van der Waals surface area contributed by atoms with E-state index in [-0.39, 0.29) is 0 Å². The first-order valence-corrected chi connectivity index (χ1v) is 8.05. The molecule has 0 atom stereocenters. The summed E-state index contributed by atoms with van der Waals surface area (Å²) in [5.74, 6) is 1.22. The maximum atomic E-state index is 4.83. The van der Waals surface area contributed by atoms with Crippen LogP contribution in [0.25, 0.3) is 0 Å². The lowest BCUT2D eigenvalue weighted by Gasteiger charge is -2.06. The summed E-state index contributed by atoms with van der Waals surface area (Å²) in [6.45, 7) is 13.3. The maximum Gasteiger partial charge on any atom is 0.0934 e. The molecule has 0 fully saturated rings. The second-order valence-electron chi connectivity index (χ2n) is 5.70. The topological polar surface area (TPSA) is 24.9 Å². The van der Waals surface area contributed by atoms with E-state index in [2.05, 4.69) is 39.9 Å². The zero-order valence-electron chi connectivity index (χ0n) is 12.5. The van der Waals surface area contributed by atoms with Crippen LogP contribution in [0.2, 0.25) is 0 Å². The van der Waals surface area contributed by atoms with Crippen molar-refractivity contribution in [2.75, 3.05) is 6.54 Å². The van der Waals surface area contributed by atoms with E-state index in [0.29, 0.717) is 11.8 Å². The first-order chi connectivity index (χ1) is 8.54. The highest BCUT2D eigenvalue weighted by Crippen LogP contribution is 2.26. The smallest absolute Gasteiger partial charge is 0.0934 e. The van der Waals surface area contributed by atoms with E-state index in [1.165, 1.54) is 28.4 Å². The van der Waals surface area contributed by atoms with Gasteiger partial charge in [-0.3, -0.25) is 0 Å². The molecule has 2 nitrogen and oxygen atoms in total. The molecule has 1 heterocycles. The number of unbranched alkanes of at least 4 members (excludes halogenated alkanes) is 1. The molecule has 0 saturated carbocycles. The highest BCUT2D eigenvalue weighted by atomic mass is 32.1. The van der Waals surface area contributed by atoms with Crippen molar-refractivity contribution in [3.05, 3.63) is 15.6 Å². The quantitative estimate of drug-likeness (QED) is 0.709. The molecule has 0 aliphatic carbocycles. The van der Waals surface area contributed by atoms with Gasteiger partial charge in [-0.05, 0) is 24.8 Å². The van der Waals surface area contributed by atoms with Gasteiger partial charge in [0.2, 0.25) is 0 Å². The minimum atomic E-state index is 0.533. The van der Waals surface area contributed by atoms with Crippen LogP contribution in [-0.2, 0) is 13.0 Å². The molecule has 0 saturated heterocycles. The molecule has 3 heteroatoms. The number of nitrogens with one attached hydrogen (secondary N) is 1. The third-order valence-corrected chi connectivity index (χ3v) is 3.99. The van der Waals surface area contributed by atoms with Crippen LogP contribution in [0, 0.1) is 5.92 Å². The molecule has 1 rings (SSSR count). The Bertz CT molecular complexity index is 342. The maximum absolute atomic E-state index is 4.83. The van der Waals surface area contributed by atoms with Crippen molar-refractivity contribution < 1.29 is 0 Å². The van der Waals surface area contributed by atoms with Crippen molar-refractivity contribution in [3.63, 3.8) is 0 Å². The number of aromatic nitrogens is 1. The van der Waals surface area contributed by atoms with E-state index in [4.69, 9.17) is 4.98 Å². The Morgan fingerprint density at radius 1 is 1.22 bits per heavy atom. The summed E-state index contributed by atoms with van der Waals surface area (Å²) in [4.78, 5) is 6.27. The fourth-order valence-corrected chi connectivity index (χ4v) is 3.34. The van der Waals surface area contributed by atoms with Gasteiger partial charge in [0.05, 0.1) is 10.7 Å². The monoisotopic (exact) mass is 268 g/mol. The molecule has 1 N–H and O–H groups in total. The molecule has 0 unspecified atom stereocenters. The lowest BCUT2D eigenvalue weighted by Crippen LogP contribution is -2.14. The standard InChI is InChI=1S/C15H28N2S/c1-6-7-8-16-10-13-15(12(4)5)17-14(18-13)9-11(2)3/h11-12,16H,6-10H2,1-5H3. The normalized spacial score (nSPS) is 11.7. The number of thiazole rings is 1. The fraction of sp³-hybridized carbons (Fsp3) is 0.800. The average Bonchev–Trinajstić information content (AvgIpc) is 2.67. The van der Waals surface area contributed by atoms with Crippen LogP contribution in [0.3, 0.4) is 0 Å². The van der Waals surface area contributed by atoms with E-state index in [1.807, 2.05) is 11.3 Å². The Hall–Kier alpha value is -0.410. The summed E-state index contributed by atoms with van der Waals surface area (Å²) in [5, 5.41) is 4.84. The highest BCUT2D eigenvalue weighted by molar-refractivity contribution is 7.11. The predicted molar refractivity (Wildman–Crippen MR) is 81.4 cm³/mol. The van der Waals surface area contributed by atoms with Crippen LogP contribution in [0.1, 0.15) is 69.0 Å². The van der Waals surface area contributed by atoms with Crippen LogP contribution < -0.4 is 5.32 Å². The van der Waals surface area contributed by atoms with Gasteiger partial charge in [0.15, 0.2) is 0 Å². The van der Waals surface area contributed by atoms with Crippen molar-refractivity contribution in [3.8, 4) is 0 Å². The van der Waals surface area contributed by atoms with Crippen LogP contribution in [0.4, 0.5) is 0 Å². The van der Waals surface area contributed by atoms with Crippen molar-refractivity contribution in [1.29, 1.82) is 0 Å². The van der Waals surface area contributed by atoms with Crippen LogP contribution in [0.5, 0.6) is 0 Å². The molecule has 0 radical (unpaired) electrons. The summed E-state index contributed by atoms with van der Waals surface area (Å²) >= 11 is 1.90. The third-order valence-electron chi connectivity index (χ3n) is 2.89. The van der Waals surface area contributed by atoms with Gasteiger partial charge in [-0.2, -0.15) is 0 Å². The molecule has 0 aliphatic heterocycles. The van der Waals surface area contributed by atoms with Gasteiger partial charge in [0.1, 0.15) is 0 Å². The van der Waals surface area contributed by atoms with Crippen LogP contribution >= 0.6 is 11.3 Å². The fourth-order valence-electron chi connectivity index (χ4n) is 1.93.